The van der Waals surface area contributed by atoms with Crippen LogP contribution in [0.5, 0.6) is 0 Å². The number of hydrogen-bond donors (Lipinski definition) is 3. The third-order valence-electron chi connectivity index (χ3n) is 2.90. The highest BCUT2D eigenvalue weighted by Crippen LogP contribution is 2.53. The van der Waals surface area contributed by atoms with Gasteiger partial charge in [-0.3, -0.25) is 4.79 Å². The van der Waals surface area contributed by atoms with Crippen LogP contribution in [0, 0.1) is 5.41 Å². The van der Waals surface area contributed by atoms with Crippen LogP contribution in [0.4, 0.5) is 0 Å². The van der Waals surface area contributed by atoms with Gasteiger partial charge in [0.25, 0.3) is 0 Å². The van der Waals surface area contributed by atoms with Crippen molar-refractivity contribution >= 4 is 18.4 Å². The minimum Gasteiger partial charge on any atom is -0.480 e. The zero-order valence-corrected chi connectivity index (χ0v) is 7.36. The summed E-state index contributed by atoms with van der Waals surface area (Å²) in [6, 6.07) is 0. The molecular weight excluding hydrogens is 182 g/mol. The van der Waals surface area contributed by atoms with Gasteiger partial charge in [-0.25, -0.2) is 0 Å². The Hall–Kier alpha value is -0.320. The second kappa shape index (κ2) is 2.58. The fourth-order valence-corrected chi connectivity index (χ4v) is 2.23. The summed E-state index contributed by atoms with van der Waals surface area (Å²) < 4.78 is 0. The summed E-state index contributed by atoms with van der Waals surface area (Å²) in [5.74, 6) is -0.779. The van der Waals surface area contributed by atoms with Gasteiger partial charge in [-0.1, -0.05) is 0 Å². The van der Waals surface area contributed by atoms with E-state index in [0.29, 0.717) is 19.4 Å². The van der Waals surface area contributed by atoms with Gasteiger partial charge in [0.05, 0.1) is 6.61 Å². The topological polar surface area (TPSA) is 69.6 Å². The SMILES string of the molecule is Cl.O=C(O)C12CC(CO)(CN1)C2. The first-order valence-corrected chi connectivity index (χ1v) is 3.72. The Morgan fingerprint density at radius 3 is 2.33 bits per heavy atom. The van der Waals surface area contributed by atoms with E-state index in [1.54, 1.807) is 0 Å². The normalized spacial score (nSPS) is 43.1. The van der Waals surface area contributed by atoms with Gasteiger partial charge in [0.2, 0.25) is 0 Å². The second-order valence-corrected chi connectivity index (χ2v) is 3.75. The fraction of sp³-hybridized carbons (Fsp3) is 0.857. The second-order valence-electron chi connectivity index (χ2n) is 3.75. The maximum atomic E-state index is 10.7. The lowest BCUT2D eigenvalue weighted by Crippen LogP contribution is -2.54. The lowest BCUT2D eigenvalue weighted by atomic mass is 9.62. The van der Waals surface area contributed by atoms with Crippen molar-refractivity contribution in [2.45, 2.75) is 18.4 Å². The predicted octanol–water partition coefficient (Wildman–Crippen LogP) is -0.393. The quantitative estimate of drug-likeness (QED) is 0.559. The molecule has 0 aromatic rings. The summed E-state index contributed by atoms with van der Waals surface area (Å²) in [5.41, 5.74) is -0.804. The highest BCUT2D eigenvalue weighted by atomic mass is 35.5. The third kappa shape index (κ3) is 0.952. The number of hydrogen-bond acceptors (Lipinski definition) is 3. The standard InChI is InChI=1S/C7H11NO3.ClH/c9-4-6-1-7(2-6,5(10)11)8-3-6;/h8-9H,1-4H2,(H,10,11);1H. The monoisotopic (exact) mass is 193 g/mol. The van der Waals surface area contributed by atoms with Crippen molar-refractivity contribution in [2.75, 3.05) is 13.2 Å². The Labute approximate surface area is 76.4 Å². The lowest BCUT2D eigenvalue weighted by molar-refractivity contribution is -0.150. The number of carbonyl (C=O) groups is 1. The summed E-state index contributed by atoms with van der Waals surface area (Å²) in [6.45, 7) is 0.755. The molecule has 2 bridgehead atoms. The molecule has 12 heavy (non-hydrogen) atoms. The molecule has 3 rings (SSSR count). The number of aliphatic hydroxyl groups excluding tert-OH is 1. The molecule has 1 aliphatic carbocycles. The van der Waals surface area contributed by atoms with Crippen molar-refractivity contribution < 1.29 is 15.0 Å². The van der Waals surface area contributed by atoms with Crippen molar-refractivity contribution in [3.63, 3.8) is 0 Å². The van der Waals surface area contributed by atoms with E-state index in [1.165, 1.54) is 0 Å². The molecule has 0 amide bonds. The Morgan fingerprint density at radius 1 is 1.50 bits per heavy atom. The van der Waals surface area contributed by atoms with Gasteiger partial charge in [-0.05, 0) is 12.8 Å². The van der Waals surface area contributed by atoms with Crippen LogP contribution in [-0.2, 0) is 4.79 Å². The molecule has 0 spiro atoms. The molecule has 0 aromatic heterocycles. The Morgan fingerprint density at radius 2 is 2.08 bits per heavy atom. The van der Waals surface area contributed by atoms with Gasteiger partial charge in [-0.15, -0.1) is 12.4 Å². The van der Waals surface area contributed by atoms with Crippen LogP contribution in [0.2, 0.25) is 0 Å². The van der Waals surface area contributed by atoms with Crippen molar-refractivity contribution in [3.05, 3.63) is 0 Å². The van der Waals surface area contributed by atoms with Gasteiger partial charge in [0, 0.05) is 12.0 Å². The minimum atomic E-state index is -0.779. The van der Waals surface area contributed by atoms with Gasteiger partial charge in [-0.2, -0.15) is 0 Å². The Kier molecular flexibility index (Phi) is 2.10. The zero-order valence-electron chi connectivity index (χ0n) is 6.54. The lowest BCUT2D eigenvalue weighted by Gasteiger charge is -2.41. The van der Waals surface area contributed by atoms with E-state index < -0.39 is 11.5 Å². The molecule has 1 saturated carbocycles. The van der Waals surface area contributed by atoms with Crippen molar-refractivity contribution in [2.24, 2.45) is 5.41 Å². The highest BCUT2D eigenvalue weighted by Gasteiger charge is 2.64. The van der Waals surface area contributed by atoms with Crippen LogP contribution in [-0.4, -0.2) is 34.9 Å². The van der Waals surface area contributed by atoms with E-state index >= 15 is 0 Å². The molecule has 4 nitrogen and oxygen atoms in total. The van der Waals surface area contributed by atoms with E-state index in [9.17, 15) is 4.79 Å². The molecule has 0 aromatic carbocycles. The number of aliphatic hydroxyl groups is 1. The molecule has 3 fully saturated rings. The van der Waals surface area contributed by atoms with Gasteiger partial charge in [0.15, 0.2) is 0 Å². The Balaban J connectivity index is 0.000000720. The van der Waals surface area contributed by atoms with Crippen LogP contribution in [0.1, 0.15) is 12.8 Å². The highest BCUT2D eigenvalue weighted by molar-refractivity contribution is 5.85. The molecule has 2 aliphatic heterocycles. The average molecular weight is 194 g/mol. The maximum Gasteiger partial charge on any atom is 0.323 e. The van der Waals surface area contributed by atoms with E-state index in [1.807, 2.05) is 0 Å². The van der Waals surface area contributed by atoms with Crippen LogP contribution in [0.25, 0.3) is 0 Å². The van der Waals surface area contributed by atoms with E-state index in [-0.39, 0.29) is 24.4 Å². The molecule has 2 heterocycles. The fourth-order valence-electron chi connectivity index (χ4n) is 2.23. The molecule has 5 heteroatoms. The van der Waals surface area contributed by atoms with Crippen LogP contribution in [0.3, 0.4) is 0 Å². The molecule has 0 atom stereocenters. The minimum absolute atomic E-state index is 0. The summed E-state index contributed by atoms with van der Waals surface area (Å²) in [7, 11) is 0. The van der Waals surface area contributed by atoms with Gasteiger partial charge < -0.3 is 15.5 Å². The van der Waals surface area contributed by atoms with Crippen molar-refractivity contribution in [3.8, 4) is 0 Å². The first-order chi connectivity index (χ1) is 5.13. The zero-order chi connectivity index (χ0) is 8.11. The van der Waals surface area contributed by atoms with E-state index in [2.05, 4.69) is 5.32 Å². The van der Waals surface area contributed by atoms with Crippen molar-refractivity contribution in [1.29, 1.82) is 0 Å². The average Bonchev–Trinajstić information content (AvgIpc) is 2.39. The smallest absolute Gasteiger partial charge is 0.323 e. The van der Waals surface area contributed by atoms with Crippen LogP contribution >= 0.6 is 12.4 Å². The Bertz CT molecular complexity index is 213. The third-order valence-corrected chi connectivity index (χ3v) is 2.90. The van der Waals surface area contributed by atoms with Crippen LogP contribution < -0.4 is 5.32 Å². The summed E-state index contributed by atoms with van der Waals surface area (Å²) in [6.07, 6.45) is 1.18. The van der Waals surface area contributed by atoms with Crippen molar-refractivity contribution in [1.82, 2.24) is 5.32 Å². The molecule has 70 valence electrons. The van der Waals surface area contributed by atoms with E-state index in [4.69, 9.17) is 10.2 Å². The number of carboxylic acids is 1. The van der Waals surface area contributed by atoms with Crippen LogP contribution in [0.15, 0.2) is 0 Å². The van der Waals surface area contributed by atoms with Gasteiger partial charge >= 0.3 is 5.97 Å². The number of aliphatic carboxylic acids is 1. The molecule has 0 unspecified atom stereocenters. The van der Waals surface area contributed by atoms with Gasteiger partial charge in [0.1, 0.15) is 5.54 Å². The number of rotatable bonds is 2. The van der Waals surface area contributed by atoms with E-state index in [0.717, 1.165) is 0 Å². The predicted molar refractivity (Wildman–Crippen MR) is 44.4 cm³/mol. The number of nitrogens with one attached hydrogen (secondary N) is 1. The number of carboxylic acid groups (broad SMARTS) is 1. The molecule has 0 radical (unpaired) electrons. The first kappa shape index (κ1) is 9.77. The molecule has 3 N–H and O–H groups in total. The maximum absolute atomic E-state index is 10.7. The number of fused-ring (bicyclic) bond motifs is 1. The summed E-state index contributed by atoms with van der Waals surface area (Å²) in [5, 5.41) is 20.6. The molecule has 3 aliphatic rings. The number of halogens is 1. The molecular formula is C7H12ClNO3. The summed E-state index contributed by atoms with van der Waals surface area (Å²) in [4.78, 5) is 10.7. The summed E-state index contributed by atoms with van der Waals surface area (Å²) >= 11 is 0. The largest absolute Gasteiger partial charge is 0.480 e. The molecule has 2 saturated heterocycles. The first-order valence-electron chi connectivity index (χ1n) is 3.72.